The normalized spacial score (nSPS) is 13.7. The molecule has 0 aromatic carbocycles. The Kier molecular flexibility index (Phi) is 4.88. The average molecular weight is 285 g/mol. The number of aliphatic carboxylic acids is 1. The summed E-state index contributed by atoms with van der Waals surface area (Å²) < 4.78 is 0. The third-order valence-electron chi connectivity index (χ3n) is 2.93. The molecule has 0 saturated carbocycles. The molecule has 0 bridgehead atoms. The number of carboxylic acid groups (broad SMARTS) is 1. The fraction of sp³-hybridized carbons (Fsp3) is 0.583. The van der Waals surface area contributed by atoms with E-state index in [0.29, 0.717) is 0 Å². The Morgan fingerprint density at radius 2 is 1.95 bits per heavy atom. The van der Waals surface area contributed by atoms with E-state index in [9.17, 15) is 9.59 Å². The van der Waals surface area contributed by atoms with Crippen LogP contribution in [0, 0.1) is 13.8 Å². The molecule has 0 aliphatic carbocycles. The standard InChI is InChI=1S/C12H19N3O3S/c1-6-10(19-9(4)13-6)7(2)14-12(18)15(5)8(3)11(16)17/h7-8H,1-5H3,(H,14,18)(H,16,17). The number of hydrogen-bond donors (Lipinski definition) is 2. The minimum Gasteiger partial charge on any atom is -0.480 e. The van der Waals surface area contributed by atoms with Gasteiger partial charge in [-0.25, -0.2) is 14.6 Å². The summed E-state index contributed by atoms with van der Waals surface area (Å²) in [5.41, 5.74) is 0.893. The summed E-state index contributed by atoms with van der Waals surface area (Å²) in [4.78, 5) is 29.2. The number of nitrogens with zero attached hydrogens (tertiary/aromatic N) is 2. The molecule has 0 fully saturated rings. The Labute approximate surface area is 116 Å². The summed E-state index contributed by atoms with van der Waals surface area (Å²) in [6.07, 6.45) is 0. The van der Waals surface area contributed by atoms with Crippen molar-refractivity contribution in [3.05, 3.63) is 15.6 Å². The lowest BCUT2D eigenvalue weighted by Crippen LogP contribution is -2.46. The zero-order chi connectivity index (χ0) is 14.7. The molecule has 0 saturated heterocycles. The van der Waals surface area contributed by atoms with Gasteiger partial charge in [0, 0.05) is 11.9 Å². The minimum absolute atomic E-state index is 0.192. The Morgan fingerprint density at radius 3 is 2.37 bits per heavy atom. The van der Waals surface area contributed by atoms with Crippen LogP contribution in [0.3, 0.4) is 0 Å². The highest BCUT2D eigenvalue weighted by molar-refractivity contribution is 7.11. The summed E-state index contributed by atoms with van der Waals surface area (Å²) in [6, 6.07) is -1.47. The molecular weight excluding hydrogens is 266 g/mol. The number of aryl methyl sites for hydroxylation is 2. The van der Waals surface area contributed by atoms with Crippen LogP contribution >= 0.6 is 11.3 Å². The number of hydrogen-bond acceptors (Lipinski definition) is 4. The monoisotopic (exact) mass is 285 g/mol. The second kappa shape index (κ2) is 6.01. The summed E-state index contributed by atoms with van der Waals surface area (Å²) in [7, 11) is 1.46. The topological polar surface area (TPSA) is 82.5 Å². The van der Waals surface area contributed by atoms with Gasteiger partial charge in [0.15, 0.2) is 0 Å². The molecule has 7 heteroatoms. The summed E-state index contributed by atoms with van der Waals surface area (Å²) in [5.74, 6) is -1.03. The second-order valence-corrected chi connectivity index (χ2v) is 5.71. The highest BCUT2D eigenvalue weighted by Gasteiger charge is 2.24. The Bertz CT molecular complexity index is 487. The average Bonchev–Trinajstić information content (AvgIpc) is 2.66. The molecule has 2 amide bonds. The predicted molar refractivity (Wildman–Crippen MR) is 73.4 cm³/mol. The highest BCUT2D eigenvalue weighted by atomic mass is 32.1. The molecule has 106 valence electrons. The van der Waals surface area contributed by atoms with Crippen LogP contribution < -0.4 is 5.32 Å². The molecule has 0 spiro atoms. The van der Waals surface area contributed by atoms with Gasteiger partial charge in [0.1, 0.15) is 6.04 Å². The van der Waals surface area contributed by atoms with Crippen LogP contribution in [0.1, 0.15) is 35.5 Å². The number of carbonyl (C=O) groups is 2. The van der Waals surface area contributed by atoms with Gasteiger partial charge in [-0.3, -0.25) is 0 Å². The van der Waals surface area contributed by atoms with E-state index in [1.54, 1.807) is 0 Å². The molecule has 1 aromatic heterocycles. The maximum absolute atomic E-state index is 11.9. The quantitative estimate of drug-likeness (QED) is 0.885. The first-order valence-corrected chi connectivity index (χ1v) is 6.75. The van der Waals surface area contributed by atoms with Gasteiger partial charge in [0.05, 0.1) is 16.7 Å². The molecule has 1 heterocycles. The van der Waals surface area contributed by atoms with Gasteiger partial charge in [-0.15, -0.1) is 11.3 Å². The number of carboxylic acids is 1. The van der Waals surface area contributed by atoms with Gasteiger partial charge in [-0.2, -0.15) is 0 Å². The molecule has 2 atom stereocenters. The summed E-state index contributed by atoms with van der Waals surface area (Å²) in [6.45, 7) is 7.13. The van der Waals surface area contributed by atoms with E-state index >= 15 is 0 Å². The van der Waals surface area contributed by atoms with Crippen LogP contribution in [-0.4, -0.2) is 40.1 Å². The van der Waals surface area contributed by atoms with Crippen molar-refractivity contribution in [3.8, 4) is 0 Å². The maximum atomic E-state index is 11.9. The lowest BCUT2D eigenvalue weighted by molar-refractivity contribution is -0.141. The number of thiazole rings is 1. The van der Waals surface area contributed by atoms with Crippen LogP contribution in [0.2, 0.25) is 0 Å². The van der Waals surface area contributed by atoms with Crippen LogP contribution in [0.15, 0.2) is 0 Å². The van der Waals surface area contributed by atoms with Gasteiger partial charge in [-0.1, -0.05) is 0 Å². The van der Waals surface area contributed by atoms with Gasteiger partial charge in [-0.05, 0) is 27.7 Å². The first-order valence-electron chi connectivity index (χ1n) is 5.94. The molecule has 6 nitrogen and oxygen atoms in total. The number of carbonyl (C=O) groups excluding carboxylic acids is 1. The summed E-state index contributed by atoms with van der Waals surface area (Å²) >= 11 is 1.53. The molecule has 19 heavy (non-hydrogen) atoms. The van der Waals surface area contributed by atoms with Crippen LogP contribution in [0.4, 0.5) is 4.79 Å². The van der Waals surface area contributed by atoms with E-state index in [4.69, 9.17) is 5.11 Å². The van der Waals surface area contributed by atoms with Crippen molar-refractivity contribution in [3.63, 3.8) is 0 Å². The third kappa shape index (κ3) is 3.66. The molecule has 1 rings (SSSR count). The zero-order valence-corrected chi connectivity index (χ0v) is 12.5. The van der Waals surface area contributed by atoms with Crippen molar-refractivity contribution < 1.29 is 14.7 Å². The first kappa shape index (κ1) is 15.4. The van der Waals surface area contributed by atoms with Crippen LogP contribution in [-0.2, 0) is 4.79 Å². The summed E-state index contributed by atoms with van der Waals surface area (Å²) in [5, 5.41) is 12.6. The van der Waals surface area contributed by atoms with Gasteiger partial charge in [0.2, 0.25) is 0 Å². The van der Waals surface area contributed by atoms with Crippen LogP contribution in [0.25, 0.3) is 0 Å². The lowest BCUT2D eigenvalue weighted by Gasteiger charge is -2.24. The number of nitrogens with one attached hydrogen (secondary N) is 1. The van der Waals surface area contributed by atoms with Crippen LogP contribution in [0.5, 0.6) is 0 Å². The number of aromatic nitrogens is 1. The van der Waals surface area contributed by atoms with Crippen molar-refractivity contribution in [1.82, 2.24) is 15.2 Å². The lowest BCUT2D eigenvalue weighted by atomic mass is 10.2. The fourth-order valence-electron chi connectivity index (χ4n) is 1.64. The maximum Gasteiger partial charge on any atom is 0.326 e. The largest absolute Gasteiger partial charge is 0.480 e. The minimum atomic E-state index is -1.03. The third-order valence-corrected chi connectivity index (χ3v) is 4.19. The molecule has 2 unspecified atom stereocenters. The number of amides is 2. The first-order chi connectivity index (χ1) is 8.73. The van der Waals surface area contributed by atoms with E-state index in [-0.39, 0.29) is 6.04 Å². The van der Waals surface area contributed by atoms with E-state index < -0.39 is 18.0 Å². The van der Waals surface area contributed by atoms with Gasteiger partial charge < -0.3 is 15.3 Å². The second-order valence-electron chi connectivity index (χ2n) is 4.48. The molecule has 0 aliphatic rings. The predicted octanol–water partition coefficient (Wildman–Crippen LogP) is 1.94. The molecule has 0 radical (unpaired) electrons. The zero-order valence-electron chi connectivity index (χ0n) is 11.7. The Hall–Kier alpha value is -1.63. The van der Waals surface area contributed by atoms with Crippen molar-refractivity contribution in [1.29, 1.82) is 0 Å². The molecular formula is C12H19N3O3S. The van der Waals surface area contributed by atoms with E-state index in [1.807, 2.05) is 20.8 Å². The van der Waals surface area contributed by atoms with E-state index in [0.717, 1.165) is 15.6 Å². The molecule has 2 N–H and O–H groups in total. The number of likely N-dealkylation sites (N-methyl/N-ethyl adjacent to an activating group) is 1. The van der Waals surface area contributed by atoms with Crippen molar-refractivity contribution in [2.45, 2.75) is 39.8 Å². The fourth-order valence-corrected chi connectivity index (χ4v) is 2.57. The van der Waals surface area contributed by atoms with Crippen molar-refractivity contribution in [2.24, 2.45) is 0 Å². The van der Waals surface area contributed by atoms with Gasteiger partial charge >= 0.3 is 12.0 Å². The van der Waals surface area contributed by atoms with Crippen molar-refractivity contribution in [2.75, 3.05) is 7.05 Å². The SMILES string of the molecule is Cc1nc(C)c(C(C)NC(=O)N(C)C(C)C(=O)O)s1. The van der Waals surface area contributed by atoms with Gasteiger partial charge in [0.25, 0.3) is 0 Å². The number of urea groups is 1. The van der Waals surface area contributed by atoms with Crippen molar-refractivity contribution >= 4 is 23.3 Å². The molecule has 1 aromatic rings. The Morgan fingerprint density at radius 1 is 1.37 bits per heavy atom. The highest BCUT2D eigenvalue weighted by Crippen LogP contribution is 2.24. The molecule has 0 aliphatic heterocycles. The number of rotatable bonds is 4. The van der Waals surface area contributed by atoms with E-state index in [2.05, 4.69) is 10.3 Å². The smallest absolute Gasteiger partial charge is 0.326 e. The van der Waals surface area contributed by atoms with E-state index in [1.165, 1.54) is 30.2 Å². The Balaban J connectivity index is 2.72.